The van der Waals surface area contributed by atoms with Crippen molar-refractivity contribution in [2.24, 2.45) is 0 Å². The van der Waals surface area contributed by atoms with E-state index in [1.165, 1.54) is 12.1 Å². The van der Waals surface area contributed by atoms with Gasteiger partial charge >= 0.3 is 0 Å². The summed E-state index contributed by atoms with van der Waals surface area (Å²) < 4.78 is 26.5. The van der Waals surface area contributed by atoms with Crippen LogP contribution in [0.15, 0.2) is 60.8 Å². The first-order chi connectivity index (χ1) is 14.9. The smallest absolute Gasteiger partial charge is 0.195 e. The molecule has 0 amide bonds. The lowest BCUT2D eigenvalue weighted by molar-refractivity contribution is 0.0740. The minimum Gasteiger partial charge on any atom is -0.383 e. The van der Waals surface area contributed by atoms with E-state index in [2.05, 4.69) is 4.98 Å². The molecule has 5 nitrogen and oxygen atoms in total. The van der Waals surface area contributed by atoms with Crippen LogP contribution in [-0.2, 0) is 10.8 Å². The molecule has 160 valence electrons. The van der Waals surface area contributed by atoms with Gasteiger partial charge in [-0.1, -0.05) is 42.5 Å². The molecule has 2 heterocycles. The summed E-state index contributed by atoms with van der Waals surface area (Å²) >= 11 is 0. The Morgan fingerprint density at radius 3 is 2.52 bits per heavy atom. The van der Waals surface area contributed by atoms with Crippen LogP contribution in [0.4, 0.5) is 10.2 Å². The summed E-state index contributed by atoms with van der Waals surface area (Å²) in [5, 5.41) is 10.4. The average Bonchev–Trinajstić information content (AvgIpc) is 2.79. The molecule has 7 heteroatoms. The van der Waals surface area contributed by atoms with Gasteiger partial charge in [-0.15, -0.1) is 0 Å². The summed E-state index contributed by atoms with van der Waals surface area (Å²) in [4.78, 5) is 16.8. The van der Waals surface area contributed by atoms with Crippen LogP contribution in [0.2, 0.25) is 0 Å². The minimum absolute atomic E-state index is 0.0879. The van der Waals surface area contributed by atoms with E-state index in [1.54, 1.807) is 42.6 Å². The molecule has 1 aliphatic heterocycles. The quantitative estimate of drug-likeness (QED) is 0.587. The maximum atomic E-state index is 14.9. The predicted octanol–water partition coefficient (Wildman–Crippen LogP) is 4.01. The maximum absolute atomic E-state index is 14.9. The molecule has 1 aliphatic rings. The van der Waals surface area contributed by atoms with E-state index in [1.807, 2.05) is 6.07 Å². The number of aliphatic hydroxyl groups is 1. The molecule has 1 atom stereocenters. The molecular weight excluding hydrogens is 415 g/mol. The van der Waals surface area contributed by atoms with E-state index in [9.17, 15) is 18.5 Å². The Labute approximate surface area is 182 Å². The van der Waals surface area contributed by atoms with Crippen LogP contribution in [0.3, 0.4) is 0 Å². The van der Waals surface area contributed by atoms with Crippen molar-refractivity contribution in [3.63, 3.8) is 0 Å². The molecule has 1 saturated heterocycles. The van der Waals surface area contributed by atoms with Gasteiger partial charge in [-0.3, -0.25) is 9.00 Å². The molecule has 0 bridgehead atoms. The van der Waals surface area contributed by atoms with Crippen LogP contribution < -0.4 is 5.73 Å². The van der Waals surface area contributed by atoms with Gasteiger partial charge in [0, 0.05) is 45.2 Å². The first-order valence-electron chi connectivity index (χ1n) is 10.1. The van der Waals surface area contributed by atoms with Gasteiger partial charge in [-0.25, -0.2) is 9.37 Å². The molecule has 0 radical (unpaired) electrons. The highest BCUT2D eigenvalue weighted by Crippen LogP contribution is 2.34. The van der Waals surface area contributed by atoms with Crippen molar-refractivity contribution in [1.29, 1.82) is 0 Å². The Balaban J connectivity index is 1.61. The lowest BCUT2D eigenvalue weighted by atomic mass is 9.92. The number of hydrogen-bond donors (Lipinski definition) is 2. The monoisotopic (exact) mass is 438 g/mol. The zero-order valence-corrected chi connectivity index (χ0v) is 17.6. The standard InChI is InChI=1S/C24H23FN2O3S/c25-21-13-17(6-7-19(21)23(29)22(28)16-4-2-1-3-5-16)20-12-18(14-27-24(20)26)15-8-10-31(30)11-9-15/h1-7,12-15,23,29H,8-11H2,(H2,26,27). The van der Waals surface area contributed by atoms with Gasteiger partial charge in [0.05, 0.1) is 0 Å². The van der Waals surface area contributed by atoms with Crippen LogP contribution in [0.5, 0.6) is 0 Å². The highest BCUT2D eigenvalue weighted by Gasteiger charge is 2.24. The normalized spacial score (nSPS) is 19.7. The Kier molecular flexibility index (Phi) is 6.25. The fraction of sp³-hybridized carbons (Fsp3) is 0.250. The molecular formula is C24H23FN2O3S. The molecule has 3 aromatic rings. The number of halogens is 1. The lowest BCUT2D eigenvalue weighted by Crippen LogP contribution is -2.17. The number of carbonyl (C=O) groups is 1. The number of anilines is 1. The van der Waals surface area contributed by atoms with Crippen molar-refractivity contribution in [2.75, 3.05) is 17.2 Å². The van der Waals surface area contributed by atoms with E-state index in [4.69, 9.17) is 5.73 Å². The van der Waals surface area contributed by atoms with Gasteiger partial charge in [0.2, 0.25) is 0 Å². The molecule has 1 aromatic heterocycles. The Bertz CT molecular complexity index is 1130. The van der Waals surface area contributed by atoms with E-state index >= 15 is 0 Å². The molecule has 0 aliphatic carbocycles. The summed E-state index contributed by atoms with van der Waals surface area (Å²) in [6.07, 6.45) is 1.77. The molecule has 1 fully saturated rings. The molecule has 0 saturated carbocycles. The van der Waals surface area contributed by atoms with E-state index in [0.717, 1.165) is 18.4 Å². The number of Topliss-reactive ketones (excluding diaryl/α,β-unsaturated/α-hetero) is 1. The number of hydrogen-bond acceptors (Lipinski definition) is 5. The van der Waals surface area contributed by atoms with Crippen LogP contribution in [0.1, 0.15) is 46.3 Å². The molecule has 3 N–H and O–H groups in total. The van der Waals surface area contributed by atoms with Gasteiger partial charge in [0.1, 0.15) is 17.7 Å². The molecule has 1 unspecified atom stereocenters. The van der Waals surface area contributed by atoms with Gasteiger partial charge in [0.25, 0.3) is 0 Å². The van der Waals surface area contributed by atoms with Gasteiger partial charge in [-0.05, 0) is 42.0 Å². The van der Waals surface area contributed by atoms with Gasteiger partial charge in [-0.2, -0.15) is 0 Å². The number of aromatic nitrogens is 1. The second-order valence-corrected chi connectivity index (χ2v) is 9.39. The van der Waals surface area contributed by atoms with Crippen molar-refractivity contribution >= 4 is 22.4 Å². The summed E-state index contributed by atoms with van der Waals surface area (Å²) in [5.74, 6) is 0.606. The van der Waals surface area contributed by atoms with Crippen molar-refractivity contribution < 1.29 is 18.5 Å². The number of benzene rings is 2. The average molecular weight is 439 g/mol. The summed E-state index contributed by atoms with van der Waals surface area (Å²) in [6, 6.07) is 14.5. The number of nitrogen functional groups attached to an aromatic ring is 1. The van der Waals surface area contributed by atoms with Gasteiger partial charge in [0.15, 0.2) is 5.78 Å². The SMILES string of the molecule is Nc1ncc(C2CCS(=O)CC2)cc1-c1ccc(C(O)C(=O)c2ccccc2)c(F)c1. The summed E-state index contributed by atoms with van der Waals surface area (Å²) in [7, 11) is -0.755. The Hall–Kier alpha value is -2.90. The number of pyridine rings is 1. The number of nitrogens with zero attached hydrogens (tertiary/aromatic N) is 1. The fourth-order valence-corrected chi connectivity index (χ4v) is 5.19. The fourth-order valence-electron chi connectivity index (χ4n) is 3.89. The summed E-state index contributed by atoms with van der Waals surface area (Å²) in [6.45, 7) is 0. The third kappa shape index (κ3) is 4.57. The number of aliphatic hydroxyl groups excluding tert-OH is 1. The van der Waals surface area contributed by atoms with Crippen LogP contribution >= 0.6 is 0 Å². The van der Waals surface area contributed by atoms with Crippen molar-refractivity contribution in [2.45, 2.75) is 24.9 Å². The predicted molar refractivity (Wildman–Crippen MR) is 120 cm³/mol. The highest BCUT2D eigenvalue weighted by atomic mass is 32.2. The zero-order chi connectivity index (χ0) is 22.0. The number of ketones is 1. The Morgan fingerprint density at radius 2 is 1.84 bits per heavy atom. The third-order valence-corrected chi connectivity index (χ3v) is 7.09. The van der Waals surface area contributed by atoms with E-state index in [-0.39, 0.29) is 17.3 Å². The largest absolute Gasteiger partial charge is 0.383 e. The molecule has 0 spiro atoms. The maximum Gasteiger partial charge on any atom is 0.195 e. The first-order valence-corrected chi connectivity index (χ1v) is 11.6. The van der Waals surface area contributed by atoms with Crippen LogP contribution in [0.25, 0.3) is 11.1 Å². The molecule has 4 rings (SSSR count). The van der Waals surface area contributed by atoms with Crippen molar-refractivity contribution in [3.05, 3.63) is 83.3 Å². The minimum atomic E-state index is -1.60. The summed E-state index contributed by atoms with van der Waals surface area (Å²) in [5.41, 5.74) is 8.39. The Morgan fingerprint density at radius 1 is 1.13 bits per heavy atom. The second-order valence-electron chi connectivity index (χ2n) is 7.69. The van der Waals surface area contributed by atoms with Crippen LogP contribution in [-0.4, -0.2) is 31.6 Å². The van der Waals surface area contributed by atoms with E-state index in [0.29, 0.717) is 28.2 Å². The van der Waals surface area contributed by atoms with Crippen LogP contribution in [0, 0.1) is 5.82 Å². The third-order valence-electron chi connectivity index (χ3n) is 5.71. The molecule has 31 heavy (non-hydrogen) atoms. The molecule has 2 aromatic carbocycles. The van der Waals surface area contributed by atoms with E-state index < -0.39 is 28.5 Å². The highest BCUT2D eigenvalue weighted by molar-refractivity contribution is 7.85. The second kappa shape index (κ2) is 9.08. The topological polar surface area (TPSA) is 93.3 Å². The zero-order valence-electron chi connectivity index (χ0n) is 16.8. The number of nitrogens with two attached hydrogens (primary N) is 1. The number of carbonyl (C=O) groups excluding carboxylic acids is 1. The van der Waals surface area contributed by atoms with Gasteiger partial charge < -0.3 is 10.8 Å². The first kappa shape index (κ1) is 21.3. The van der Waals surface area contributed by atoms with Crippen molar-refractivity contribution in [3.8, 4) is 11.1 Å². The van der Waals surface area contributed by atoms with Crippen molar-refractivity contribution in [1.82, 2.24) is 4.98 Å². The number of rotatable bonds is 5. The lowest BCUT2D eigenvalue weighted by Gasteiger charge is -2.22.